The Bertz CT molecular complexity index is 1640. The zero-order chi connectivity index (χ0) is 23.1. The Hall–Kier alpha value is -4.30. The number of nitrogens with zero attached hydrogens (tertiary/aromatic N) is 2. The molecule has 2 heteroatoms. The molecule has 5 aromatic carbocycles. The van der Waals surface area contributed by atoms with Gasteiger partial charge in [-0.1, -0.05) is 103 Å². The second kappa shape index (κ2) is 8.24. The quantitative estimate of drug-likeness (QED) is 0.258. The molecule has 162 valence electrons. The molecule has 0 radical (unpaired) electrons. The van der Waals surface area contributed by atoms with Gasteiger partial charge in [-0.05, 0) is 58.5 Å². The summed E-state index contributed by atoms with van der Waals surface area (Å²) in [4.78, 5) is 9.01. The van der Waals surface area contributed by atoms with E-state index in [0.717, 1.165) is 28.0 Å². The molecule has 2 nitrogen and oxygen atoms in total. The molecule has 7 rings (SSSR count). The van der Waals surface area contributed by atoms with Crippen molar-refractivity contribution >= 4 is 21.7 Å². The van der Waals surface area contributed by atoms with Crippen LogP contribution in [0.25, 0.3) is 55.2 Å². The van der Waals surface area contributed by atoms with Crippen LogP contribution in [-0.2, 0) is 0 Å². The van der Waals surface area contributed by atoms with E-state index < -0.39 is 0 Å². The Morgan fingerprint density at radius 3 is 1.88 bits per heavy atom. The Kier molecular flexibility index (Phi) is 4.92. The predicted molar refractivity (Wildman–Crippen MR) is 143 cm³/mol. The maximum atomic E-state index is 4.56. The largest absolute Gasteiger partial charge is 0.233 e. The maximum Gasteiger partial charge on any atom is 0.126 e. The standard InChI is InChI=1S/C17H12.C15H12N2/c1-11-9-10-16-14-6-3-2-5-13(14)15-8-4-7-12(11)17(15)16;1-11-16-14-10-6-5-9-13(14)15(17-11)12-7-3-2-4-8-12/h2*2-10H,1H3. The highest BCUT2D eigenvalue weighted by atomic mass is 14.9. The van der Waals surface area contributed by atoms with Gasteiger partial charge in [0.15, 0.2) is 0 Å². The molecule has 1 aromatic heterocycles. The molecule has 0 saturated carbocycles. The minimum absolute atomic E-state index is 0.808. The van der Waals surface area contributed by atoms with Crippen molar-refractivity contribution in [2.45, 2.75) is 13.8 Å². The summed E-state index contributed by atoms with van der Waals surface area (Å²) in [7, 11) is 0. The molecule has 1 heterocycles. The van der Waals surface area contributed by atoms with Gasteiger partial charge in [0.05, 0.1) is 11.2 Å². The normalized spacial score (nSPS) is 11.2. The number of aromatic nitrogens is 2. The summed E-state index contributed by atoms with van der Waals surface area (Å²) in [6, 6.07) is 38.1. The number of rotatable bonds is 1. The van der Waals surface area contributed by atoms with Crippen LogP contribution in [0.3, 0.4) is 0 Å². The van der Waals surface area contributed by atoms with Crippen LogP contribution in [0.2, 0.25) is 0 Å². The van der Waals surface area contributed by atoms with Gasteiger partial charge in [0.1, 0.15) is 5.82 Å². The summed E-state index contributed by atoms with van der Waals surface area (Å²) < 4.78 is 0. The Balaban J connectivity index is 0.000000128. The molecule has 34 heavy (non-hydrogen) atoms. The van der Waals surface area contributed by atoms with Crippen molar-refractivity contribution in [2.24, 2.45) is 0 Å². The van der Waals surface area contributed by atoms with E-state index in [1.165, 1.54) is 38.6 Å². The van der Waals surface area contributed by atoms with Crippen molar-refractivity contribution in [3.05, 3.63) is 121 Å². The molecule has 0 unspecified atom stereocenters. The van der Waals surface area contributed by atoms with Gasteiger partial charge in [-0.25, -0.2) is 9.97 Å². The van der Waals surface area contributed by atoms with Gasteiger partial charge in [0.2, 0.25) is 0 Å². The van der Waals surface area contributed by atoms with Gasteiger partial charge < -0.3 is 0 Å². The van der Waals surface area contributed by atoms with Gasteiger partial charge in [-0.3, -0.25) is 0 Å². The number of para-hydroxylation sites is 1. The van der Waals surface area contributed by atoms with Crippen LogP contribution < -0.4 is 0 Å². The van der Waals surface area contributed by atoms with Gasteiger partial charge in [0.25, 0.3) is 0 Å². The number of benzene rings is 5. The highest BCUT2D eigenvalue weighted by Gasteiger charge is 2.20. The van der Waals surface area contributed by atoms with Crippen LogP contribution in [0, 0.1) is 13.8 Å². The van der Waals surface area contributed by atoms with Crippen LogP contribution in [0.5, 0.6) is 0 Å². The van der Waals surface area contributed by atoms with Crippen LogP contribution in [0.15, 0.2) is 109 Å². The van der Waals surface area contributed by atoms with Crippen LogP contribution in [-0.4, -0.2) is 9.97 Å². The highest BCUT2D eigenvalue weighted by molar-refractivity contribution is 6.15. The molecule has 0 bridgehead atoms. The van der Waals surface area contributed by atoms with E-state index in [1.807, 2.05) is 43.3 Å². The topological polar surface area (TPSA) is 25.8 Å². The molecule has 1 aliphatic carbocycles. The molecule has 0 N–H and O–H groups in total. The first-order valence-electron chi connectivity index (χ1n) is 11.6. The SMILES string of the molecule is Cc1ccc2c3c(cccc13)-c1ccccc1-2.Cc1nc(-c2ccccc2)c2ccccc2n1. The zero-order valence-electron chi connectivity index (χ0n) is 19.3. The van der Waals surface area contributed by atoms with Gasteiger partial charge in [0, 0.05) is 10.9 Å². The predicted octanol–water partition coefficient (Wildman–Crippen LogP) is 8.40. The highest BCUT2D eigenvalue weighted by Crippen LogP contribution is 2.47. The van der Waals surface area contributed by atoms with E-state index in [0.29, 0.717) is 0 Å². The molecular weight excluding hydrogens is 412 g/mol. The average Bonchev–Trinajstić information content (AvgIpc) is 3.21. The fraction of sp³-hybridized carbons (Fsp3) is 0.0625. The summed E-state index contributed by atoms with van der Waals surface area (Å²) in [5.41, 5.74) is 10.0. The molecule has 0 spiro atoms. The summed E-state index contributed by atoms with van der Waals surface area (Å²) in [5.74, 6) is 0.808. The van der Waals surface area contributed by atoms with Gasteiger partial charge in [-0.2, -0.15) is 0 Å². The van der Waals surface area contributed by atoms with Crippen molar-refractivity contribution in [2.75, 3.05) is 0 Å². The molecule has 6 aromatic rings. The second-order valence-corrected chi connectivity index (χ2v) is 8.71. The van der Waals surface area contributed by atoms with Gasteiger partial charge in [-0.15, -0.1) is 0 Å². The lowest BCUT2D eigenvalue weighted by Crippen LogP contribution is -1.93. The first-order valence-corrected chi connectivity index (χ1v) is 11.6. The van der Waals surface area contributed by atoms with Crippen LogP contribution >= 0.6 is 0 Å². The lowest BCUT2D eigenvalue weighted by atomic mass is 9.99. The van der Waals surface area contributed by atoms with E-state index >= 15 is 0 Å². The van der Waals surface area contributed by atoms with Crippen molar-refractivity contribution < 1.29 is 0 Å². The second-order valence-electron chi connectivity index (χ2n) is 8.71. The number of hydrogen-bond donors (Lipinski definition) is 0. The Morgan fingerprint density at radius 1 is 0.471 bits per heavy atom. The first kappa shape index (κ1) is 20.3. The van der Waals surface area contributed by atoms with E-state index in [1.54, 1.807) is 0 Å². The fourth-order valence-electron chi connectivity index (χ4n) is 4.96. The smallest absolute Gasteiger partial charge is 0.126 e. The molecule has 0 saturated heterocycles. The third-order valence-electron chi connectivity index (χ3n) is 6.53. The Morgan fingerprint density at radius 2 is 1.09 bits per heavy atom. The summed E-state index contributed by atoms with van der Waals surface area (Å²) in [6.45, 7) is 4.12. The maximum absolute atomic E-state index is 4.56. The van der Waals surface area contributed by atoms with Crippen LogP contribution in [0.1, 0.15) is 11.4 Å². The Labute approximate surface area is 199 Å². The summed E-state index contributed by atoms with van der Waals surface area (Å²) in [5, 5.41) is 3.91. The van der Waals surface area contributed by atoms with Crippen LogP contribution in [0.4, 0.5) is 0 Å². The minimum atomic E-state index is 0.808. The third kappa shape index (κ3) is 3.36. The minimum Gasteiger partial charge on any atom is -0.233 e. The van der Waals surface area contributed by atoms with E-state index in [4.69, 9.17) is 0 Å². The van der Waals surface area contributed by atoms with Crippen molar-refractivity contribution in [1.29, 1.82) is 0 Å². The van der Waals surface area contributed by atoms with E-state index in [2.05, 4.69) is 89.7 Å². The average molecular weight is 437 g/mol. The molecule has 1 aliphatic rings. The zero-order valence-corrected chi connectivity index (χ0v) is 19.3. The molecule has 0 atom stereocenters. The lowest BCUT2D eigenvalue weighted by Gasteiger charge is -2.06. The first-order chi connectivity index (χ1) is 16.7. The summed E-state index contributed by atoms with van der Waals surface area (Å²) in [6.07, 6.45) is 0. The molecule has 0 fully saturated rings. The van der Waals surface area contributed by atoms with E-state index in [9.17, 15) is 0 Å². The van der Waals surface area contributed by atoms with Gasteiger partial charge >= 0.3 is 0 Å². The third-order valence-corrected chi connectivity index (χ3v) is 6.53. The number of hydrogen-bond acceptors (Lipinski definition) is 2. The van der Waals surface area contributed by atoms with E-state index in [-0.39, 0.29) is 0 Å². The van der Waals surface area contributed by atoms with Crippen molar-refractivity contribution in [3.8, 4) is 33.5 Å². The van der Waals surface area contributed by atoms with Crippen molar-refractivity contribution in [3.63, 3.8) is 0 Å². The lowest BCUT2D eigenvalue weighted by molar-refractivity contribution is 1.10. The van der Waals surface area contributed by atoms with Crippen molar-refractivity contribution in [1.82, 2.24) is 9.97 Å². The number of fused-ring (bicyclic) bond motifs is 4. The number of aryl methyl sites for hydroxylation is 2. The molecule has 0 amide bonds. The fourth-order valence-corrected chi connectivity index (χ4v) is 4.96. The molecule has 0 aliphatic heterocycles. The summed E-state index contributed by atoms with van der Waals surface area (Å²) >= 11 is 0. The molecular formula is C32H24N2. The monoisotopic (exact) mass is 436 g/mol.